The number of hydrogen-bond acceptors (Lipinski definition) is 4. The maximum atomic E-state index is 13.0. The summed E-state index contributed by atoms with van der Waals surface area (Å²) in [6, 6.07) is 2.10. The molecule has 2 aliphatic heterocycles. The van der Waals surface area contributed by atoms with Gasteiger partial charge in [-0.3, -0.25) is 19.3 Å². The minimum absolute atomic E-state index is 0.147. The van der Waals surface area contributed by atoms with Gasteiger partial charge in [-0.1, -0.05) is 0 Å². The molecule has 2 fully saturated rings. The van der Waals surface area contributed by atoms with Gasteiger partial charge in [0, 0.05) is 51.1 Å². The fourth-order valence-electron chi connectivity index (χ4n) is 4.69. The van der Waals surface area contributed by atoms with Crippen molar-refractivity contribution >= 4 is 11.7 Å². The van der Waals surface area contributed by atoms with E-state index in [0.29, 0.717) is 12.3 Å². The number of carbonyl (C=O) groups is 1. The molecule has 3 aliphatic rings. The van der Waals surface area contributed by atoms with Crippen LogP contribution in [0.1, 0.15) is 43.4 Å². The zero-order chi connectivity index (χ0) is 18.6. The normalized spacial score (nSPS) is 22.4. The third kappa shape index (κ3) is 3.08. The molecule has 144 valence electrons. The number of aromatic nitrogens is 4. The number of likely N-dealkylation sites (tertiary alicyclic amines) is 1. The van der Waals surface area contributed by atoms with E-state index in [9.17, 15) is 4.79 Å². The van der Waals surface area contributed by atoms with Gasteiger partial charge in [0.2, 0.25) is 5.91 Å². The Morgan fingerprint density at radius 1 is 1.26 bits per heavy atom. The highest BCUT2D eigenvalue weighted by Crippen LogP contribution is 2.43. The van der Waals surface area contributed by atoms with Crippen LogP contribution < -0.4 is 4.90 Å². The van der Waals surface area contributed by atoms with Crippen molar-refractivity contribution in [2.75, 3.05) is 24.5 Å². The molecule has 0 bridgehead atoms. The number of nitrogens with zero attached hydrogens (tertiary/aromatic N) is 6. The first-order valence-corrected chi connectivity index (χ1v) is 10.1. The average molecular weight is 368 g/mol. The standard InChI is InChI=1S/C20H28N6O/c1-15-9-18-25(14-16-3-4-16)19(27)10-20(26(18)22-15)5-7-24(8-6-20)13-17-11-21-23(2)12-17/h9,11-12,16H,3-8,10,13-14H2,1-2H3. The van der Waals surface area contributed by atoms with E-state index in [1.54, 1.807) is 0 Å². The molecule has 4 heterocycles. The van der Waals surface area contributed by atoms with Crippen molar-refractivity contribution in [2.45, 2.75) is 51.1 Å². The van der Waals surface area contributed by atoms with Crippen LogP contribution in [0.5, 0.6) is 0 Å². The number of amides is 1. The molecule has 0 aromatic carbocycles. The Labute approximate surface area is 159 Å². The molecule has 7 heteroatoms. The van der Waals surface area contributed by atoms with Crippen LogP contribution in [-0.2, 0) is 23.9 Å². The predicted molar refractivity (Wildman–Crippen MR) is 102 cm³/mol. The van der Waals surface area contributed by atoms with Crippen LogP contribution in [0.25, 0.3) is 0 Å². The second kappa shape index (κ2) is 6.19. The predicted octanol–water partition coefficient (Wildman–Crippen LogP) is 2.06. The molecule has 0 N–H and O–H groups in total. The highest BCUT2D eigenvalue weighted by Gasteiger charge is 2.46. The van der Waals surface area contributed by atoms with Crippen LogP contribution >= 0.6 is 0 Å². The van der Waals surface area contributed by atoms with Crippen molar-refractivity contribution in [1.29, 1.82) is 0 Å². The van der Waals surface area contributed by atoms with E-state index in [1.807, 2.05) is 29.7 Å². The molecule has 1 saturated heterocycles. The van der Waals surface area contributed by atoms with Crippen molar-refractivity contribution in [3.8, 4) is 0 Å². The summed E-state index contributed by atoms with van der Waals surface area (Å²) in [6.07, 6.45) is 9.08. The monoisotopic (exact) mass is 368 g/mol. The molecule has 2 aromatic heterocycles. The van der Waals surface area contributed by atoms with Crippen molar-refractivity contribution in [2.24, 2.45) is 13.0 Å². The molecule has 1 aliphatic carbocycles. The molecular formula is C20H28N6O. The summed E-state index contributed by atoms with van der Waals surface area (Å²) in [6.45, 7) is 5.81. The highest BCUT2D eigenvalue weighted by molar-refractivity contribution is 5.94. The molecule has 0 radical (unpaired) electrons. The summed E-state index contributed by atoms with van der Waals surface area (Å²) in [5, 5.41) is 9.11. The van der Waals surface area contributed by atoms with Crippen molar-refractivity contribution in [3.05, 3.63) is 29.7 Å². The Kier molecular flexibility index (Phi) is 3.89. The van der Waals surface area contributed by atoms with Gasteiger partial charge in [-0.25, -0.2) is 4.68 Å². The molecule has 1 spiro atoms. The summed E-state index contributed by atoms with van der Waals surface area (Å²) in [5.74, 6) is 2.00. The van der Waals surface area contributed by atoms with Crippen molar-refractivity contribution in [1.82, 2.24) is 24.5 Å². The topological polar surface area (TPSA) is 59.2 Å². The lowest BCUT2D eigenvalue weighted by molar-refractivity contribution is -0.123. The summed E-state index contributed by atoms with van der Waals surface area (Å²) < 4.78 is 4.06. The molecule has 1 amide bonds. The highest BCUT2D eigenvalue weighted by atomic mass is 16.2. The Bertz CT molecular complexity index is 856. The molecule has 27 heavy (non-hydrogen) atoms. The zero-order valence-electron chi connectivity index (χ0n) is 16.3. The van der Waals surface area contributed by atoms with Crippen LogP contribution in [0.2, 0.25) is 0 Å². The van der Waals surface area contributed by atoms with Crippen molar-refractivity contribution < 1.29 is 4.79 Å². The Hall–Kier alpha value is -2.15. The second-order valence-corrected chi connectivity index (χ2v) is 8.70. The smallest absolute Gasteiger partial charge is 0.230 e. The summed E-state index contributed by atoms with van der Waals surface area (Å²) >= 11 is 0. The lowest BCUT2D eigenvalue weighted by Crippen LogP contribution is -2.54. The van der Waals surface area contributed by atoms with Gasteiger partial charge in [-0.15, -0.1) is 0 Å². The Balaban J connectivity index is 1.35. The van der Waals surface area contributed by atoms with E-state index in [2.05, 4.69) is 26.9 Å². The maximum Gasteiger partial charge on any atom is 0.230 e. The van der Waals surface area contributed by atoms with E-state index in [4.69, 9.17) is 5.10 Å². The first kappa shape index (κ1) is 17.0. The largest absolute Gasteiger partial charge is 0.299 e. The van der Waals surface area contributed by atoms with Gasteiger partial charge in [0.15, 0.2) is 0 Å². The third-order valence-electron chi connectivity index (χ3n) is 6.41. The Morgan fingerprint density at radius 3 is 2.70 bits per heavy atom. The van der Waals surface area contributed by atoms with E-state index >= 15 is 0 Å². The number of piperidine rings is 1. The number of carbonyl (C=O) groups excluding carboxylic acids is 1. The fraction of sp³-hybridized carbons (Fsp3) is 0.650. The van der Waals surface area contributed by atoms with Crippen LogP contribution in [0.4, 0.5) is 5.82 Å². The number of hydrogen-bond donors (Lipinski definition) is 0. The van der Waals surface area contributed by atoms with Crippen LogP contribution in [0, 0.1) is 12.8 Å². The van der Waals surface area contributed by atoms with E-state index < -0.39 is 0 Å². The van der Waals surface area contributed by atoms with Gasteiger partial charge < -0.3 is 0 Å². The number of anilines is 1. The number of aryl methyl sites for hydroxylation is 2. The van der Waals surface area contributed by atoms with Crippen LogP contribution in [0.3, 0.4) is 0 Å². The zero-order valence-corrected chi connectivity index (χ0v) is 16.3. The van der Waals surface area contributed by atoms with Gasteiger partial charge in [-0.05, 0) is 38.5 Å². The van der Waals surface area contributed by atoms with Gasteiger partial charge in [0.05, 0.1) is 23.9 Å². The minimum atomic E-state index is -0.147. The van der Waals surface area contributed by atoms with E-state index in [-0.39, 0.29) is 11.4 Å². The molecule has 5 rings (SSSR count). The molecule has 2 aromatic rings. The molecule has 7 nitrogen and oxygen atoms in total. The quantitative estimate of drug-likeness (QED) is 0.829. The summed E-state index contributed by atoms with van der Waals surface area (Å²) in [5.41, 5.74) is 2.11. The average Bonchev–Trinajstić information content (AvgIpc) is 3.24. The van der Waals surface area contributed by atoms with E-state index in [1.165, 1.54) is 18.4 Å². The molecule has 1 saturated carbocycles. The second-order valence-electron chi connectivity index (χ2n) is 8.70. The third-order valence-corrected chi connectivity index (χ3v) is 6.41. The minimum Gasteiger partial charge on any atom is -0.299 e. The molecule has 0 unspecified atom stereocenters. The van der Waals surface area contributed by atoms with Gasteiger partial charge in [-0.2, -0.15) is 10.2 Å². The maximum absolute atomic E-state index is 13.0. The molecule has 0 atom stereocenters. The lowest BCUT2D eigenvalue weighted by atomic mass is 9.82. The summed E-state index contributed by atoms with van der Waals surface area (Å²) in [7, 11) is 1.96. The van der Waals surface area contributed by atoms with Crippen LogP contribution in [0.15, 0.2) is 18.5 Å². The van der Waals surface area contributed by atoms with Crippen molar-refractivity contribution in [3.63, 3.8) is 0 Å². The summed E-state index contributed by atoms with van der Waals surface area (Å²) in [4.78, 5) is 17.5. The fourth-order valence-corrected chi connectivity index (χ4v) is 4.69. The van der Waals surface area contributed by atoms with Gasteiger partial charge in [0.25, 0.3) is 0 Å². The van der Waals surface area contributed by atoms with Crippen LogP contribution in [-0.4, -0.2) is 50.0 Å². The first-order chi connectivity index (χ1) is 13.0. The number of rotatable bonds is 4. The SMILES string of the molecule is Cc1cc2n(n1)C1(CCN(Cc3cnn(C)c3)CC1)CC(=O)N2CC1CC1. The van der Waals surface area contributed by atoms with E-state index in [0.717, 1.165) is 50.5 Å². The van der Waals surface area contributed by atoms with Gasteiger partial charge in [0.1, 0.15) is 5.82 Å². The lowest BCUT2D eigenvalue weighted by Gasteiger charge is -2.46. The molecular weight excluding hydrogens is 340 g/mol. The Morgan fingerprint density at radius 2 is 2.04 bits per heavy atom. The number of fused-ring (bicyclic) bond motifs is 2. The first-order valence-electron chi connectivity index (χ1n) is 10.1. The van der Waals surface area contributed by atoms with Gasteiger partial charge >= 0.3 is 0 Å².